The summed E-state index contributed by atoms with van der Waals surface area (Å²) >= 11 is 3.01. The monoisotopic (exact) mass is 388 g/mol. The highest BCUT2D eigenvalue weighted by molar-refractivity contribution is 9.10. The van der Waals surface area contributed by atoms with Crippen LogP contribution in [0.2, 0.25) is 0 Å². The summed E-state index contributed by atoms with van der Waals surface area (Å²) in [6, 6.07) is 2.59. The normalized spacial score (nSPS) is 18.1. The van der Waals surface area contributed by atoms with E-state index < -0.39 is 24.4 Å². The summed E-state index contributed by atoms with van der Waals surface area (Å²) in [5.74, 6) is -3.78. The number of alkyl halides is 2. The average Bonchev–Trinajstić information content (AvgIpc) is 2.44. The van der Waals surface area contributed by atoms with Crippen LogP contribution in [0.25, 0.3) is 0 Å². The van der Waals surface area contributed by atoms with Gasteiger partial charge in [-0.3, -0.25) is 4.90 Å². The van der Waals surface area contributed by atoms with Crippen LogP contribution in [0.3, 0.4) is 0 Å². The van der Waals surface area contributed by atoms with Gasteiger partial charge in [-0.1, -0.05) is 6.07 Å². The number of nitrogens with zero attached hydrogens (tertiary/aromatic N) is 1. The largest absolute Gasteiger partial charge is 0.390 e. The van der Waals surface area contributed by atoms with E-state index in [0.717, 1.165) is 6.07 Å². The highest BCUT2D eigenvalue weighted by Crippen LogP contribution is 2.37. The minimum Gasteiger partial charge on any atom is -0.390 e. The van der Waals surface area contributed by atoms with Gasteiger partial charge in [0.15, 0.2) is 0 Å². The van der Waals surface area contributed by atoms with Crippen molar-refractivity contribution in [1.82, 2.24) is 10.2 Å². The summed E-state index contributed by atoms with van der Waals surface area (Å²) in [7, 11) is 0. The fourth-order valence-corrected chi connectivity index (χ4v) is 2.83. The van der Waals surface area contributed by atoms with Crippen LogP contribution in [-0.2, 0) is 0 Å². The van der Waals surface area contributed by atoms with Gasteiger partial charge < -0.3 is 10.4 Å². The molecule has 8 heteroatoms. The molecule has 1 aromatic carbocycles. The Kier molecular flexibility index (Phi) is 6.93. The third-order valence-electron chi connectivity index (χ3n) is 3.39. The van der Waals surface area contributed by atoms with Crippen LogP contribution in [0.4, 0.5) is 13.2 Å². The van der Waals surface area contributed by atoms with Gasteiger partial charge in [-0.05, 0) is 33.6 Å². The number of aliphatic hydroxyl groups is 1. The van der Waals surface area contributed by atoms with Crippen molar-refractivity contribution in [2.75, 3.05) is 32.8 Å². The molecule has 1 aliphatic heterocycles. The highest BCUT2D eigenvalue weighted by atomic mass is 79.9. The summed E-state index contributed by atoms with van der Waals surface area (Å²) in [6.07, 6.45) is 0. The Morgan fingerprint density at radius 1 is 1.33 bits per heavy atom. The molecule has 1 heterocycles. The second kappa shape index (κ2) is 7.78. The first-order valence-corrected chi connectivity index (χ1v) is 7.13. The van der Waals surface area contributed by atoms with E-state index in [1.54, 1.807) is 4.90 Å². The number of aliphatic hydroxyl groups excluding tert-OH is 1. The molecule has 1 aromatic rings. The summed E-state index contributed by atoms with van der Waals surface area (Å²) in [4.78, 5) is 1.62. The third-order valence-corrected chi connectivity index (χ3v) is 3.99. The number of halogens is 5. The third kappa shape index (κ3) is 4.32. The molecule has 2 N–H and O–H groups in total. The first-order chi connectivity index (χ1) is 9.45. The Balaban J connectivity index is 0.00000220. The maximum Gasteiger partial charge on any atom is 0.289 e. The number of rotatable bonds is 4. The van der Waals surface area contributed by atoms with Crippen molar-refractivity contribution < 1.29 is 18.3 Å². The Labute approximate surface area is 136 Å². The maximum atomic E-state index is 14.1. The molecule has 0 aromatic heterocycles. The van der Waals surface area contributed by atoms with Crippen molar-refractivity contribution in [3.63, 3.8) is 0 Å². The van der Waals surface area contributed by atoms with E-state index in [4.69, 9.17) is 5.11 Å². The van der Waals surface area contributed by atoms with E-state index in [1.165, 1.54) is 12.1 Å². The standard InChI is InChI=1S/C13H16BrF3N2O.ClH/c14-10-7-9(1-2-11(10)15)12(13(16,17)8-20)19-5-3-18-4-6-19;/h1-2,7,12,18,20H,3-6,8H2;1H/t12-;/m0./s1. The molecule has 0 radical (unpaired) electrons. The second-order valence-electron chi connectivity index (χ2n) is 4.78. The molecule has 0 spiro atoms. The Hall–Kier alpha value is -0.340. The van der Waals surface area contributed by atoms with E-state index in [2.05, 4.69) is 21.2 Å². The minimum atomic E-state index is -3.28. The molecule has 1 saturated heterocycles. The highest BCUT2D eigenvalue weighted by Gasteiger charge is 2.44. The van der Waals surface area contributed by atoms with E-state index in [1.807, 2.05) is 0 Å². The van der Waals surface area contributed by atoms with E-state index >= 15 is 0 Å². The van der Waals surface area contributed by atoms with Gasteiger partial charge in [0.05, 0.1) is 4.47 Å². The molecule has 0 saturated carbocycles. The molecule has 21 heavy (non-hydrogen) atoms. The predicted octanol–water partition coefficient (Wildman–Crippen LogP) is 2.58. The lowest BCUT2D eigenvalue weighted by Crippen LogP contribution is -2.51. The smallest absolute Gasteiger partial charge is 0.289 e. The van der Waals surface area contributed by atoms with Crippen LogP contribution in [0.15, 0.2) is 22.7 Å². The quantitative estimate of drug-likeness (QED) is 0.831. The van der Waals surface area contributed by atoms with Crippen LogP contribution in [0, 0.1) is 5.82 Å². The summed E-state index contributed by atoms with van der Waals surface area (Å²) in [5.41, 5.74) is 0.291. The summed E-state index contributed by atoms with van der Waals surface area (Å²) in [6.45, 7) is 0.891. The second-order valence-corrected chi connectivity index (χ2v) is 5.64. The van der Waals surface area contributed by atoms with Gasteiger partial charge in [-0.2, -0.15) is 0 Å². The van der Waals surface area contributed by atoms with Gasteiger partial charge in [-0.15, -0.1) is 12.4 Å². The first kappa shape index (κ1) is 18.7. The van der Waals surface area contributed by atoms with Crippen LogP contribution in [0.5, 0.6) is 0 Å². The molecule has 2 rings (SSSR count). The average molecular weight is 390 g/mol. The summed E-state index contributed by atoms with van der Waals surface area (Å²) in [5, 5.41) is 12.1. The molecule has 120 valence electrons. The minimum absolute atomic E-state index is 0. The fourth-order valence-electron chi connectivity index (χ4n) is 2.43. The fraction of sp³-hybridized carbons (Fsp3) is 0.538. The maximum absolute atomic E-state index is 14.1. The van der Waals surface area contributed by atoms with Crippen molar-refractivity contribution in [1.29, 1.82) is 0 Å². The van der Waals surface area contributed by atoms with Crippen molar-refractivity contribution >= 4 is 28.3 Å². The van der Waals surface area contributed by atoms with Crippen molar-refractivity contribution in [3.8, 4) is 0 Å². The predicted molar refractivity (Wildman–Crippen MR) is 80.6 cm³/mol. The van der Waals surface area contributed by atoms with Crippen LogP contribution >= 0.6 is 28.3 Å². The Morgan fingerprint density at radius 3 is 2.48 bits per heavy atom. The topological polar surface area (TPSA) is 35.5 Å². The number of hydrogen-bond acceptors (Lipinski definition) is 3. The summed E-state index contributed by atoms with van der Waals surface area (Å²) < 4.78 is 41.6. The zero-order valence-corrected chi connectivity index (χ0v) is 13.6. The molecule has 1 atom stereocenters. The van der Waals surface area contributed by atoms with Gasteiger partial charge >= 0.3 is 0 Å². The molecule has 0 unspecified atom stereocenters. The molecule has 1 fully saturated rings. The van der Waals surface area contributed by atoms with Gasteiger partial charge in [0, 0.05) is 26.2 Å². The van der Waals surface area contributed by atoms with Crippen molar-refractivity contribution in [2.24, 2.45) is 0 Å². The first-order valence-electron chi connectivity index (χ1n) is 6.34. The molecular weight excluding hydrogens is 373 g/mol. The van der Waals surface area contributed by atoms with Gasteiger partial charge in [-0.25, -0.2) is 13.2 Å². The molecule has 1 aliphatic rings. The van der Waals surface area contributed by atoms with Gasteiger partial charge in [0.25, 0.3) is 5.92 Å². The molecule has 0 amide bonds. The van der Waals surface area contributed by atoms with E-state index in [-0.39, 0.29) is 16.9 Å². The molecular formula is C13H17BrClF3N2O. The van der Waals surface area contributed by atoms with Crippen LogP contribution in [-0.4, -0.2) is 48.7 Å². The number of benzene rings is 1. The van der Waals surface area contributed by atoms with E-state index in [9.17, 15) is 13.2 Å². The lowest BCUT2D eigenvalue weighted by molar-refractivity contribution is -0.118. The van der Waals surface area contributed by atoms with Crippen molar-refractivity contribution in [3.05, 3.63) is 34.1 Å². The van der Waals surface area contributed by atoms with Crippen molar-refractivity contribution in [2.45, 2.75) is 12.0 Å². The Bertz CT molecular complexity index is 473. The van der Waals surface area contributed by atoms with Gasteiger partial charge in [0.2, 0.25) is 0 Å². The zero-order valence-electron chi connectivity index (χ0n) is 11.2. The van der Waals surface area contributed by atoms with Crippen LogP contribution < -0.4 is 5.32 Å². The number of hydrogen-bond donors (Lipinski definition) is 2. The lowest BCUT2D eigenvalue weighted by Gasteiger charge is -2.38. The number of piperazine rings is 1. The molecule has 0 bridgehead atoms. The lowest BCUT2D eigenvalue weighted by atomic mass is 9.98. The molecule has 0 aliphatic carbocycles. The van der Waals surface area contributed by atoms with Crippen LogP contribution in [0.1, 0.15) is 11.6 Å². The SMILES string of the molecule is Cl.OCC(F)(F)[C@H](c1ccc(F)c(Br)c1)N1CCNCC1. The van der Waals surface area contributed by atoms with E-state index in [0.29, 0.717) is 31.7 Å². The Morgan fingerprint density at radius 2 is 1.95 bits per heavy atom. The zero-order chi connectivity index (χ0) is 14.8. The van der Waals surface area contributed by atoms with Gasteiger partial charge in [0.1, 0.15) is 18.5 Å². The molecule has 3 nitrogen and oxygen atoms in total. The number of nitrogens with one attached hydrogen (secondary N) is 1.